The molecule has 72 valence electrons. The summed E-state index contributed by atoms with van der Waals surface area (Å²) in [6.07, 6.45) is 9.13. The molecule has 13 heavy (non-hydrogen) atoms. The van der Waals surface area contributed by atoms with Crippen LogP contribution >= 0.6 is 0 Å². The molecule has 1 aliphatic carbocycles. The van der Waals surface area contributed by atoms with E-state index in [-0.39, 0.29) is 51.4 Å². The van der Waals surface area contributed by atoms with E-state index in [1.807, 2.05) is 0 Å². The van der Waals surface area contributed by atoms with Gasteiger partial charge in [0.25, 0.3) is 0 Å². The fraction of sp³-hybridized carbons (Fsp3) is 0.900. The van der Waals surface area contributed by atoms with Crippen LogP contribution in [0.4, 0.5) is 0 Å². The van der Waals surface area contributed by atoms with E-state index in [0.717, 1.165) is 18.8 Å². The topological polar surface area (TPSA) is 37.3 Å². The van der Waals surface area contributed by atoms with Crippen molar-refractivity contribution in [1.29, 1.82) is 0 Å². The molecule has 0 radical (unpaired) electrons. The van der Waals surface area contributed by atoms with Gasteiger partial charge in [-0.2, -0.15) is 0 Å². The molecule has 0 unspecified atom stereocenters. The van der Waals surface area contributed by atoms with Gasteiger partial charge in [0.1, 0.15) is 0 Å². The Labute approximate surface area is 123 Å². The fourth-order valence-corrected chi connectivity index (χ4v) is 2.02. The predicted octanol–water partition coefficient (Wildman–Crippen LogP) is 2.17. The SMILES string of the molecule is O=C(O)CCCC1CCCCC1.[KH]. The Morgan fingerprint density at radius 3 is 2.38 bits per heavy atom. The van der Waals surface area contributed by atoms with Gasteiger partial charge >= 0.3 is 57.4 Å². The van der Waals surface area contributed by atoms with Gasteiger partial charge in [-0.15, -0.1) is 0 Å². The van der Waals surface area contributed by atoms with E-state index >= 15 is 0 Å². The molecule has 1 fully saturated rings. The molecule has 3 heteroatoms. The Bertz CT molecular complexity index is 142. The summed E-state index contributed by atoms with van der Waals surface area (Å²) in [7, 11) is 0. The Hall–Kier alpha value is 1.11. The molecule has 0 aromatic carbocycles. The van der Waals surface area contributed by atoms with E-state index < -0.39 is 5.97 Å². The molecule has 0 spiro atoms. The molecule has 1 aliphatic rings. The molecular formula is C10H19KO2. The van der Waals surface area contributed by atoms with Crippen molar-refractivity contribution in [1.82, 2.24) is 0 Å². The number of hydrogen-bond donors (Lipinski definition) is 1. The second-order valence-electron chi connectivity index (χ2n) is 3.79. The summed E-state index contributed by atoms with van der Waals surface area (Å²) in [6.45, 7) is 0. The molecule has 1 saturated carbocycles. The zero-order valence-corrected chi connectivity index (χ0v) is 7.59. The molecule has 1 rings (SSSR count). The van der Waals surface area contributed by atoms with Crippen LogP contribution in [0.2, 0.25) is 0 Å². The average molecular weight is 210 g/mol. The number of rotatable bonds is 4. The van der Waals surface area contributed by atoms with Crippen molar-refractivity contribution in [2.45, 2.75) is 51.4 Å². The van der Waals surface area contributed by atoms with E-state index in [2.05, 4.69) is 0 Å². The van der Waals surface area contributed by atoms with Gasteiger partial charge in [-0.1, -0.05) is 32.1 Å². The van der Waals surface area contributed by atoms with Crippen LogP contribution in [-0.2, 0) is 4.79 Å². The van der Waals surface area contributed by atoms with Crippen LogP contribution in [0.1, 0.15) is 51.4 Å². The van der Waals surface area contributed by atoms with Crippen LogP contribution in [0.25, 0.3) is 0 Å². The summed E-state index contributed by atoms with van der Waals surface area (Å²) in [5.74, 6) is 0.184. The fourth-order valence-electron chi connectivity index (χ4n) is 2.02. The molecule has 0 atom stereocenters. The van der Waals surface area contributed by atoms with Crippen molar-refractivity contribution < 1.29 is 9.90 Å². The predicted molar refractivity (Wildman–Crippen MR) is 55.2 cm³/mol. The summed E-state index contributed by atoms with van der Waals surface area (Å²) in [6, 6.07) is 0. The quantitative estimate of drug-likeness (QED) is 0.722. The first kappa shape index (κ1) is 14.1. The summed E-state index contributed by atoms with van der Waals surface area (Å²) in [4.78, 5) is 10.2. The Morgan fingerprint density at radius 1 is 1.23 bits per heavy atom. The second kappa shape index (κ2) is 8.42. The van der Waals surface area contributed by atoms with Crippen molar-refractivity contribution in [3.8, 4) is 0 Å². The Balaban J connectivity index is 0.00000144. The molecule has 0 amide bonds. The number of carboxylic acid groups (broad SMARTS) is 1. The summed E-state index contributed by atoms with van der Waals surface area (Å²) >= 11 is 0. The first-order valence-corrected chi connectivity index (χ1v) is 5.01. The molecule has 0 aromatic rings. The van der Waals surface area contributed by atoms with E-state index in [1.54, 1.807) is 0 Å². The number of carboxylic acids is 1. The Morgan fingerprint density at radius 2 is 1.85 bits per heavy atom. The first-order valence-electron chi connectivity index (χ1n) is 5.01. The van der Waals surface area contributed by atoms with E-state index in [4.69, 9.17) is 5.11 Å². The van der Waals surface area contributed by atoms with Gasteiger partial charge in [-0.25, -0.2) is 0 Å². The first-order chi connectivity index (χ1) is 5.79. The van der Waals surface area contributed by atoms with Crippen molar-refractivity contribution in [2.75, 3.05) is 0 Å². The van der Waals surface area contributed by atoms with Crippen LogP contribution in [-0.4, -0.2) is 62.5 Å². The zero-order chi connectivity index (χ0) is 8.81. The summed E-state index contributed by atoms with van der Waals surface area (Å²) < 4.78 is 0. The second-order valence-corrected chi connectivity index (χ2v) is 3.79. The van der Waals surface area contributed by atoms with Gasteiger partial charge in [0.15, 0.2) is 0 Å². The number of hydrogen-bond acceptors (Lipinski definition) is 1. The van der Waals surface area contributed by atoms with E-state index in [0.29, 0.717) is 6.42 Å². The molecule has 1 N–H and O–H groups in total. The van der Waals surface area contributed by atoms with E-state index in [9.17, 15) is 4.79 Å². The molecule has 0 bridgehead atoms. The van der Waals surface area contributed by atoms with Crippen molar-refractivity contribution in [3.05, 3.63) is 0 Å². The molecule has 0 saturated heterocycles. The molecular weight excluding hydrogens is 191 g/mol. The number of carbonyl (C=O) groups is 1. The van der Waals surface area contributed by atoms with Crippen molar-refractivity contribution in [3.63, 3.8) is 0 Å². The van der Waals surface area contributed by atoms with Crippen molar-refractivity contribution >= 4 is 57.4 Å². The maximum absolute atomic E-state index is 10.2. The molecule has 0 aromatic heterocycles. The van der Waals surface area contributed by atoms with Gasteiger partial charge in [-0.3, -0.25) is 4.79 Å². The van der Waals surface area contributed by atoms with Crippen LogP contribution in [0, 0.1) is 5.92 Å². The third-order valence-electron chi connectivity index (χ3n) is 2.73. The standard InChI is InChI=1S/C10H18O2.K.H/c11-10(12)8-4-7-9-5-2-1-3-6-9;;/h9H,1-8H2,(H,11,12);;. The van der Waals surface area contributed by atoms with Crippen LogP contribution in [0.3, 0.4) is 0 Å². The minimum absolute atomic E-state index is 0. The minimum atomic E-state index is -0.647. The normalized spacial score (nSPS) is 17.8. The van der Waals surface area contributed by atoms with Crippen LogP contribution in [0.5, 0.6) is 0 Å². The Kier molecular flexibility index (Phi) is 9.13. The van der Waals surface area contributed by atoms with Gasteiger partial charge in [0.2, 0.25) is 0 Å². The molecule has 0 heterocycles. The number of aliphatic carboxylic acids is 1. The third kappa shape index (κ3) is 7.08. The maximum atomic E-state index is 10.2. The van der Waals surface area contributed by atoms with Gasteiger partial charge in [-0.05, 0) is 18.8 Å². The molecule has 0 aliphatic heterocycles. The zero-order valence-electron chi connectivity index (χ0n) is 7.59. The van der Waals surface area contributed by atoms with Gasteiger partial charge in [0.05, 0.1) is 0 Å². The monoisotopic (exact) mass is 210 g/mol. The summed E-state index contributed by atoms with van der Waals surface area (Å²) in [5.41, 5.74) is 0. The van der Waals surface area contributed by atoms with Gasteiger partial charge in [0, 0.05) is 6.42 Å². The van der Waals surface area contributed by atoms with Gasteiger partial charge < -0.3 is 5.11 Å². The molecule has 2 nitrogen and oxygen atoms in total. The third-order valence-corrected chi connectivity index (χ3v) is 2.73. The van der Waals surface area contributed by atoms with Crippen LogP contribution in [0.15, 0.2) is 0 Å². The average Bonchev–Trinajstić information content (AvgIpc) is 2.05. The summed E-state index contributed by atoms with van der Waals surface area (Å²) in [5, 5.41) is 8.44. The van der Waals surface area contributed by atoms with E-state index in [1.165, 1.54) is 32.1 Å². The van der Waals surface area contributed by atoms with Crippen LogP contribution < -0.4 is 0 Å². The van der Waals surface area contributed by atoms with Crippen molar-refractivity contribution in [2.24, 2.45) is 5.92 Å².